The Bertz CT molecular complexity index is 902. The van der Waals surface area contributed by atoms with Crippen molar-refractivity contribution in [3.05, 3.63) is 53.3 Å². The van der Waals surface area contributed by atoms with Crippen LogP contribution in [0.2, 0.25) is 0 Å². The Balaban J connectivity index is 1.55. The van der Waals surface area contributed by atoms with Crippen LogP contribution in [0.3, 0.4) is 0 Å². The molecule has 0 aromatic heterocycles. The number of ether oxygens (including phenoxy) is 2. The molecule has 1 saturated heterocycles. The third-order valence-electron chi connectivity index (χ3n) is 5.95. The summed E-state index contributed by atoms with van der Waals surface area (Å²) in [6.45, 7) is 1.85. The average molecular weight is 398 g/mol. The fourth-order valence-electron chi connectivity index (χ4n) is 4.55. The summed E-state index contributed by atoms with van der Waals surface area (Å²) >= 11 is 0. The number of hydrogen-bond donors (Lipinski definition) is 0. The van der Waals surface area contributed by atoms with Crippen molar-refractivity contribution in [1.82, 2.24) is 4.90 Å². The van der Waals surface area contributed by atoms with E-state index in [9.17, 15) is 9.18 Å². The lowest BCUT2D eigenvalue weighted by molar-refractivity contribution is -0.130. The minimum Gasteiger partial charge on any atom is -0.497 e. The van der Waals surface area contributed by atoms with Gasteiger partial charge in [-0.15, -0.1) is 0 Å². The van der Waals surface area contributed by atoms with Crippen LogP contribution in [0.15, 0.2) is 36.4 Å². The average Bonchev–Trinajstić information content (AvgIpc) is 3.23. The lowest BCUT2D eigenvalue weighted by Crippen LogP contribution is -2.42. The van der Waals surface area contributed by atoms with Crippen molar-refractivity contribution in [2.45, 2.75) is 31.7 Å². The van der Waals surface area contributed by atoms with Crippen LogP contribution in [0.4, 0.5) is 10.1 Å². The van der Waals surface area contributed by atoms with Crippen LogP contribution in [-0.4, -0.2) is 44.7 Å². The molecule has 154 valence electrons. The van der Waals surface area contributed by atoms with E-state index in [-0.39, 0.29) is 17.8 Å². The number of anilines is 1. The predicted octanol–water partition coefficient (Wildman–Crippen LogP) is 3.96. The van der Waals surface area contributed by atoms with Gasteiger partial charge in [0.15, 0.2) is 0 Å². The van der Waals surface area contributed by atoms with Crippen LogP contribution < -0.4 is 14.4 Å². The number of halogens is 1. The van der Waals surface area contributed by atoms with Crippen LogP contribution in [0.25, 0.3) is 0 Å². The lowest BCUT2D eigenvalue weighted by atomic mass is 10.0. The van der Waals surface area contributed by atoms with Crippen LogP contribution in [-0.2, 0) is 11.2 Å². The molecule has 0 saturated carbocycles. The SMILES string of the molecule is COc1ccc(OC)c(C2CCCN2C(=O)CN2CCCc3cc(F)ccc32)c1. The van der Waals surface area contributed by atoms with Crippen molar-refractivity contribution in [3.8, 4) is 11.5 Å². The quantitative estimate of drug-likeness (QED) is 0.765. The molecule has 1 fully saturated rings. The zero-order chi connectivity index (χ0) is 20.4. The van der Waals surface area contributed by atoms with E-state index in [1.165, 1.54) is 6.07 Å². The molecule has 0 aliphatic carbocycles. The van der Waals surface area contributed by atoms with Crippen molar-refractivity contribution in [2.75, 3.05) is 38.8 Å². The van der Waals surface area contributed by atoms with Crippen molar-refractivity contribution in [2.24, 2.45) is 0 Å². The lowest BCUT2D eigenvalue weighted by Gasteiger charge is -2.34. The normalized spacial score (nSPS) is 18.5. The third-order valence-corrected chi connectivity index (χ3v) is 5.95. The predicted molar refractivity (Wildman–Crippen MR) is 110 cm³/mol. The molecular weight excluding hydrogens is 371 g/mol. The van der Waals surface area contributed by atoms with Gasteiger partial charge in [-0.3, -0.25) is 4.79 Å². The minimum atomic E-state index is -0.221. The number of hydrogen-bond acceptors (Lipinski definition) is 4. The Hall–Kier alpha value is -2.76. The minimum absolute atomic E-state index is 0.0231. The number of likely N-dealkylation sites (tertiary alicyclic amines) is 1. The molecule has 1 unspecified atom stereocenters. The number of nitrogens with zero attached hydrogens (tertiary/aromatic N) is 2. The summed E-state index contributed by atoms with van der Waals surface area (Å²) in [7, 11) is 3.29. The van der Waals surface area contributed by atoms with Crippen molar-refractivity contribution in [1.29, 1.82) is 0 Å². The van der Waals surface area contributed by atoms with E-state index in [0.717, 1.165) is 67.1 Å². The standard InChI is InChI=1S/C23H27FN2O3/c1-28-18-8-10-22(29-2)19(14-18)21-6-4-12-26(21)23(27)15-25-11-3-5-16-13-17(24)7-9-20(16)25/h7-10,13-14,21H,3-6,11-12,15H2,1-2H3. The number of rotatable bonds is 5. The number of methoxy groups -OCH3 is 2. The number of benzene rings is 2. The first-order chi connectivity index (χ1) is 14.1. The molecule has 2 aromatic carbocycles. The smallest absolute Gasteiger partial charge is 0.242 e. The van der Waals surface area contributed by atoms with Crippen LogP contribution in [0.5, 0.6) is 11.5 Å². The molecule has 1 amide bonds. The zero-order valence-corrected chi connectivity index (χ0v) is 17.0. The molecular formula is C23H27FN2O3. The molecule has 2 aromatic rings. The van der Waals surface area contributed by atoms with Gasteiger partial charge in [0.05, 0.1) is 26.8 Å². The molecule has 0 N–H and O–H groups in total. The van der Waals surface area contributed by atoms with E-state index < -0.39 is 0 Å². The van der Waals surface area contributed by atoms with Gasteiger partial charge in [0.1, 0.15) is 17.3 Å². The number of carbonyl (C=O) groups is 1. The van der Waals surface area contributed by atoms with Gasteiger partial charge in [-0.1, -0.05) is 0 Å². The van der Waals surface area contributed by atoms with E-state index in [0.29, 0.717) is 6.54 Å². The second kappa shape index (κ2) is 8.31. The van der Waals surface area contributed by atoms with E-state index in [1.807, 2.05) is 23.1 Å². The molecule has 2 heterocycles. The topological polar surface area (TPSA) is 42.0 Å². The highest BCUT2D eigenvalue weighted by atomic mass is 19.1. The summed E-state index contributed by atoms with van der Waals surface area (Å²) in [6.07, 6.45) is 3.64. The highest BCUT2D eigenvalue weighted by Crippen LogP contribution is 2.39. The van der Waals surface area contributed by atoms with Gasteiger partial charge in [0.25, 0.3) is 0 Å². The van der Waals surface area contributed by atoms with Crippen molar-refractivity contribution >= 4 is 11.6 Å². The first-order valence-electron chi connectivity index (χ1n) is 10.2. The maximum absolute atomic E-state index is 13.6. The first kappa shape index (κ1) is 19.6. The van der Waals surface area contributed by atoms with E-state index in [2.05, 4.69) is 4.90 Å². The monoisotopic (exact) mass is 398 g/mol. The van der Waals surface area contributed by atoms with Gasteiger partial charge in [0.2, 0.25) is 5.91 Å². The molecule has 5 nitrogen and oxygen atoms in total. The summed E-state index contributed by atoms with van der Waals surface area (Å²) in [4.78, 5) is 17.3. The second-order valence-electron chi connectivity index (χ2n) is 7.65. The highest BCUT2D eigenvalue weighted by Gasteiger charge is 2.33. The molecule has 0 spiro atoms. The maximum atomic E-state index is 13.6. The van der Waals surface area contributed by atoms with Gasteiger partial charge >= 0.3 is 0 Å². The van der Waals surface area contributed by atoms with Crippen LogP contribution in [0, 0.1) is 5.82 Å². The Kier molecular flexibility index (Phi) is 5.60. The van der Waals surface area contributed by atoms with E-state index >= 15 is 0 Å². The number of fused-ring (bicyclic) bond motifs is 1. The third kappa shape index (κ3) is 3.88. The molecule has 29 heavy (non-hydrogen) atoms. The van der Waals surface area contributed by atoms with Gasteiger partial charge in [-0.05, 0) is 67.6 Å². The van der Waals surface area contributed by atoms with Crippen molar-refractivity contribution < 1.29 is 18.7 Å². The largest absolute Gasteiger partial charge is 0.497 e. The number of amides is 1. The first-order valence-corrected chi connectivity index (χ1v) is 10.2. The molecule has 2 aliphatic rings. The Morgan fingerprint density at radius 1 is 1.10 bits per heavy atom. The van der Waals surface area contributed by atoms with Gasteiger partial charge in [-0.2, -0.15) is 0 Å². The number of aryl methyl sites for hydroxylation is 1. The fourth-order valence-corrected chi connectivity index (χ4v) is 4.55. The number of carbonyl (C=O) groups excluding carboxylic acids is 1. The zero-order valence-electron chi connectivity index (χ0n) is 17.0. The Labute approximate surface area is 171 Å². The van der Waals surface area contributed by atoms with Crippen molar-refractivity contribution in [3.63, 3.8) is 0 Å². The van der Waals surface area contributed by atoms with E-state index in [4.69, 9.17) is 9.47 Å². The van der Waals surface area contributed by atoms with Crippen LogP contribution in [0.1, 0.15) is 36.4 Å². The highest BCUT2D eigenvalue weighted by molar-refractivity contribution is 5.83. The van der Waals surface area contributed by atoms with Crippen LogP contribution >= 0.6 is 0 Å². The fraction of sp³-hybridized carbons (Fsp3) is 0.435. The summed E-state index contributed by atoms with van der Waals surface area (Å²) in [5.41, 5.74) is 2.94. The molecule has 0 radical (unpaired) electrons. The molecule has 2 aliphatic heterocycles. The van der Waals surface area contributed by atoms with E-state index in [1.54, 1.807) is 26.4 Å². The summed E-state index contributed by atoms with van der Waals surface area (Å²) < 4.78 is 24.5. The molecule has 0 bridgehead atoms. The Morgan fingerprint density at radius 2 is 1.97 bits per heavy atom. The molecule has 6 heteroatoms. The summed E-state index contributed by atoms with van der Waals surface area (Å²) in [6, 6.07) is 10.6. The molecule has 1 atom stereocenters. The van der Waals surface area contributed by atoms with Gasteiger partial charge < -0.3 is 19.3 Å². The van der Waals surface area contributed by atoms with Gasteiger partial charge in [-0.25, -0.2) is 4.39 Å². The molecule has 4 rings (SSSR count). The summed E-state index contributed by atoms with van der Waals surface area (Å²) in [5.74, 6) is 1.40. The maximum Gasteiger partial charge on any atom is 0.242 e. The second-order valence-corrected chi connectivity index (χ2v) is 7.65. The van der Waals surface area contributed by atoms with Gasteiger partial charge in [0, 0.05) is 24.3 Å². The summed E-state index contributed by atoms with van der Waals surface area (Å²) in [5, 5.41) is 0. The Morgan fingerprint density at radius 3 is 2.76 bits per heavy atom.